The SMILES string of the molecule is CCn1ccnc1CNc1ccc(C)cc1OCCOC. The summed E-state index contributed by atoms with van der Waals surface area (Å²) in [6.07, 6.45) is 3.81. The number of hydrogen-bond donors (Lipinski definition) is 1. The van der Waals surface area contributed by atoms with Crippen molar-refractivity contribution < 1.29 is 9.47 Å². The van der Waals surface area contributed by atoms with E-state index in [0.29, 0.717) is 19.8 Å². The van der Waals surface area contributed by atoms with Crippen LogP contribution >= 0.6 is 0 Å². The van der Waals surface area contributed by atoms with Crippen LogP contribution in [0.4, 0.5) is 5.69 Å². The summed E-state index contributed by atoms with van der Waals surface area (Å²) in [7, 11) is 1.67. The molecule has 0 fully saturated rings. The Hall–Kier alpha value is -2.01. The third kappa shape index (κ3) is 4.23. The van der Waals surface area contributed by atoms with E-state index in [1.165, 1.54) is 5.56 Å². The second-order valence-corrected chi connectivity index (χ2v) is 4.82. The fourth-order valence-electron chi connectivity index (χ4n) is 2.10. The van der Waals surface area contributed by atoms with Crippen molar-refractivity contribution in [3.05, 3.63) is 42.0 Å². The zero-order chi connectivity index (χ0) is 15.1. The van der Waals surface area contributed by atoms with Gasteiger partial charge in [-0.05, 0) is 31.5 Å². The van der Waals surface area contributed by atoms with Crippen LogP contribution in [0.3, 0.4) is 0 Å². The van der Waals surface area contributed by atoms with E-state index in [1.807, 2.05) is 24.5 Å². The molecule has 114 valence electrons. The number of aromatic nitrogens is 2. The summed E-state index contributed by atoms with van der Waals surface area (Å²) in [6.45, 7) is 6.87. The molecule has 0 bridgehead atoms. The molecule has 1 N–H and O–H groups in total. The van der Waals surface area contributed by atoms with Crippen molar-refractivity contribution >= 4 is 5.69 Å². The van der Waals surface area contributed by atoms with Gasteiger partial charge in [-0.3, -0.25) is 0 Å². The van der Waals surface area contributed by atoms with Gasteiger partial charge in [0.2, 0.25) is 0 Å². The summed E-state index contributed by atoms with van der Waals surface area (Å²) >= 11 is 0. The topological polar surface area (TPSA) is 48.3 Å². The Labute approximate surface area is 125 Å². The average Bonchev–Trinajstić information content (AvgIpc) is 2.94. The quantitative estimate of drug-likeness (QED) is 0.759. The minimum Gasteiger partial charge on any atom is -0.489 e. The Morgan fingerprint density at radius 1 is 1.29 bits per heavy atom. The lowest BCUT2D eigenvalue weighted by atomic mass is 10.2. The smallest absolute Gasteiger partial charge is 0.142 e. The van der Waals surface area contributed by atoms with Crippen molar-refractivity contribution in [2.45, 2.75) is 26.9 Å². The zero-order valence-corrected chi connectivity index (χ0v) is 12.9. The molecule has 1 aromatic heterocycles. The number of hydrogen-bond acceptors (Lipinski definition) is 4. The number of nitrogens with one attached hydrogen (secondary N) is 1. The summed E-state index contributed by atoms with van der Waals surface area (Å²) in [6, 6.07) is 6.14. The number of ether oxygens (including phenoxy) is 2. The minimum absolute atomic E-state index is 0.540. The van der Waals surface area contributed by atoms with E-state index >= 15 is 0 Å². The lowest BCUT2D eigenvalue weighted by Crippen LogP contribution is -2.10. The summed E-state index contributed by atoms with van der Waals surface area (Å²) in [5.41, 5.74) is 2.14. The van der Waals surface area contributed by atoms with Gasteiger partial charge < -0.3 is 19.4 Å². The lowest BCUT2D eigenvalue weighted by Gasteiger charge is -2.14. The molecule has 0 spiro atoms. The highest BCUT2D eigenvalue weighted by atomic mass is 16.5. The molecule has 0 unspecified atom stereocenters. The summed E-state index contributed by atoms with van der Waals surface area (Å²) in [5.74, 6) is 1.86. The normalized spacial score (nSPS) is 10.6. The monoisotopic (exact) mass is 289 g/mol. The van der Waals surface area contributed by atoms with Crippen LogP contribution in [-0.4, -0.2) is 29.9 Å². The van der Waals surface area contributed by atoms with Crippen molar-refractivity contribution in [2.75, 3.05) is 25.6 Å². The van der Waals surface area contributed by atoms with Gasteiger partial charge in [0.25, 0.3) is 0 Å². The van der Waals surface area contributed by atoms with Gasteiger partial charge >= 0.3 is 0 Å². The highest BCUT2D eigenvalue weighted by Crippen LogP contribution is 2.26. The van der Waals surface area contributed by atoms with Gasteiger partial charge in [0, 0.05) is 26.0 Å². The summed E-state index contributed by atoms with van der Waals surface area (Å²) < 4.78 is 12.9. The van der Waals surface area contributed by atoms with Crippen molar-refractivity contribution in [3.63, 3.8) is 0 Å². The Morgan fingerprint density at radius 3 is 2.90 bits per heavy atom. The molecular weight excluding hydrogens is 266 g/mol. The third-order valence-corrected chi connectivity index (χ3v) is 3.26. The summed E-state index contributed by atoms with van der Waals surface area (Å²) in [5, 5.41) is 3.40. The van der Waals surface area contributed by atoms with Gasteiger partial charge in [-0.1, -0.05) is 6.07 Å². The molecule has 0 radical (unpaired) electrons. The van der Waals surface area contributed by atoms with Crippen LogP contribution in [0.5, 0.6) is 5.75 Å². The number of imidazole rings is 1. The molecule has 2 rings (SSSR count). The van der Waals surface area contributed by atoms with Crippen LogP contribution in [0.2, 0.25) is 0 Å². The van der Waals surface area contributed by atoms with Gasteiger partial charge in [0.15, 0.2) is 0 Å². The van der Waals surface area contributed by atoms with Crippen LogP contribution in [0, 0.1) is 6.92 Å². The Balaban J connectivity index is 2.04. The van der Waals surface area contributed by atoms with E-state index in [1.54, 1.807) is 7.11 Å². The molecule has 0 aliphatic rings. The van der Waals surface area contributed by atoms with Crippen molar-refractivity contribution in [2.24, 2.45) is 0 Å². The van der Waals surface area contributed by atoms with E-state index in [4.69, 9.17) is 9.47 Å². The number of aryl methyl sites for hydroxylation is 2. The van der Waals surface area contributed by atoms with E-state index < -0.39 is 0 Å². The molecule has 0 saturated heterocycles. The molecular formula is C16H23N3O2. The molecule has 0 atom stereocenters. The molecule has 0 amide bonds. The second kappa shape index (κ2) is 7.69. The maximum atomic E-state index is 5.77. The molecule has 5 nitrogen and oxygen atoms in total. The zero-order valence-electron chi connectivity index (χ0n) is 12.9. The van der Waals surface area contributed by atoms with E-state index in [-0.39, 0.29) is 0 Å². The maximum absolute atomic E-state index is 5.77. The lowest BCUT2D eigenvalue weighted by molar-refractivity contribution is 0.146. The highest BCUT2D eigenvalue weighted by molar-refractivity contribution is 5.57. The fraction of sp³-hybridized carbons (Fsp3) is 0.438. The number of nitrogens with zero attached hydrogens (tertiary/aromatic N) is 2. The van der Waals surface area contributed by atoms with Gasteiger partial charge in [-0.15, -0.1) is 0 Å². The first-order valence-corrected chi connectivity index (χ1v) is 7.21. The van der Waals surface area contributed by atoms with Gasteiger partial charge in [-0.25, -0.2) is 4.98 Å². The number of anilines is 1. The molecule has 1 heterocycles. The standard InChI is InChI=1S/C16H23N3O2/c1-4-19-8-7-17-16(19)12-18-14-6-5-13(2)11-15(14)21-10-9-20-3/h5-8,11,18H,4,9-10,12H2,1-3H3. The van der Waals surface area contributed by atoms with Crippen molar-refractivity contribution in [1.29, 1.82) is 0 Å². The first-order chi connectivity index (χ1) is 10.2. The number of methoxy groups -OCH3 is 1. The molecule has 1 aromatic carbocycles. The van der Waals surface area contributed by atoms with E-state index in [2.05, 4.69) is 34.8 Å². The summed E-state index contributed by atoms with van der Waals surface area (Å²) in [4.78, 5) is 4.36. The first-order valence-electron chi connectivity index (χ1n) is 7.21. The van der Waals surface area contributed by atoms with Crippen LogP contribution in [-0.2, 0) is 17.8 Å². The Kier molecular flexibility index (Phi) is 5.63. The van der Waals surface area contributed by atoms with E-state index in [9.17, 15) is 0 Å². The largest absolute Gasteiger partial charge is 0.489 e. The molecule has 0 aliphatic heterocycles. The van der Waals surface area contributed by atoms with Gasteiger partial charge in [-0.2, -0.15) is 0 Å². The van der Waals surface area contributed by atoms with Gasteiger partial charge in [0.05, 0.1) is 18.8 Å². The van der Waals surface area contributed by atoms with Crippen LogP contribution in [0.1, 0.15) is 18.3 Å². The highest BCUT2D eigenvalue weighted by Gasteiger charge is 2.06. The minimum atomic E-state index is 0.540. The molecule has 21 heavy (non-hydrogen) atoms. The molecule has 2 aromatic rings. The molecule has 0 saturated carbocycles. The first kappa shape index (κ1) is 15.4. The Morgan fingerprint density at radius 2 is 2.14 bits per heavy atom. The van der Waals surface area contributed by atoms with E-state index in [0.717, 1.165) is 23.8 Å². The fourth-order valence-corrected chi connectivity index (χ4v) is 2.10. The number of rotatable bonds is 8. The third-order valence-electron chi connectivity index (χ3n) is 3.26. The Bertz CT molecular complexity index is 566. The van der Waals surface area contributed by atoms with Crippen LogP contribution in [0.25, 0.3) is 0 Å². The second-order valence-electron chi connectivity index (χ2n) is 4.82. The van der Waals surface area contributed by atoms with Crippen molar-refractivity contribution in [1.82, 2.24) is 9.55 Å². The van der Waals surface area contributed by atoms with Crippen LogP contribution in [0.15, 0.2) is 30.6 Å². The average molecular weight is 289 g/mol. The molecule has 0 aliphatic carbocycles. The van der Waals surface area contributed by atoms with Crippen LogP contribution < -0.4 is 10.1 Å². The maximum Gasteiger partial charge on any atom is 0.142 e. The van der Waals surface area contributed by atoms with Crippen molar-refractivity contribution in [3.8, 4) is 5.75 Å². The molecule has 5 heteroatoms. The van der Waals surface area contributed by atoms with Gasteiger partial charge in [0.1, 0.15) is 18.2 Å². The number of benzene rings is 1. The predicted molar refractivity (Wildman–Crippen MR) is 83.8 cm³/mol. The predicted octanol–water partition coefficient (Wildman–Crippen LogP) is 2.85.